The second kappa shape index (κ2) is 7.11. The first-order valence-corrected chi connectivity index (χ1v) is 6.08. The fraction of sp³-hybridized carbons (Fsp3) is 0.462. The minimum atomic E-state index is -0.429. The van der Waals surface area contributed by atoms with E-state index in [1.54, 1.807) is 0 Å². The lowest BCUT2D eigenvalue weighted by atomic mass is 10.2. The number of fused-ring (bicyclic) bond motifs is 1. The summed E-state index contributed by atoms with van der Waals surface area (Å²) < 4.78 is 5.65. The maximum Gasteiger partial charge on any atom is 0.262 e. The van der Waals surface area contributed by atoms with Crippen LogP contribution in [0.3, 0.4) is 0 Å². The SMILES string of the molecule is CCCCNC(=O)C1CNc2ccccc2O1.Cl. The van der Waals surface area contributed by atoms with Gasteiger partial charge in [0.1, 0.15) is 5.75 Å². The lowest BCUT2D eigenvalue weighted by Crippen LogP contribution is -2.44. The van der Waals surface area contributed by atoms with Crippen LogP contribution in [0, 0.1) is 0 Å². The fourth-order valence-electron chi connectivity index (χ4n) is 1.76. The second-order valence-corrected chi connectivity index (χ2v) is 4.13. The van der Waals surface area contributed by atoms with Crippen LogP contribution in [0.1, 0.15) is 19.8 Å². The highest BCUT2D eigenvalue weighted by molar-refractivity contribution is 5.85. The van der Waals surface area contributed by atoms with Gasteiger partial charge in [0.25, 0.3) is 5.91 Å². The Morgan fingerprint density at radius 1 is 1.50 bits per heavy atom. The van der Waals surface area contributed by atoms with Crippen LogP contribution in [0.5, 0.6) is 5.75 Å². The summed E-state index contributed by atoms with van der Waals surface area (Å²) in [5.74, 6) is 0.704. The molecule has 0 saturated carbocycles. The Bertz CT molecular complexity index is 398. The zero-order valence-electron chi connectivity index (χ0n) is 10.4. The molecule has 1 heterocycles. The molecule has 2 N–H and O–H groups in total. The predicted octanol–water partition coefficient (Wildman–Crippen LogP) is 2.20. The van der Waals surface area contributed by atoms with Crippen molar-refractivity contribution in [2.45, 2.75) is 25.9 Å². The molecule has 2 rings (SSSR count). The quantitative estimate of drug-likeness (QED) is 0.825. The standard InChI is InChI=1S/C13H18N2O2.ClH/c1-2-3-8-14-13(16)12-9-15-10-6-4-5-7-11(10)17-12;/h4-7,12,15H,2-3,8-9H2,1H3,(H,14,16);1H. The predicted molar refractivity (Wildman–Crippen MR) is 74.5 cm³/mol. The zero-order valence-corrected chi connectivity index (χ0v) is 11.3. The summed E-state index contributed by atoms with van der Waals surface area (Å²) in [6, 6.07) is 7.66. The van der Waals surface area contributed by atoms with Crippen molar-refractivity contribution < 1.29 is 9.53 Å². The van der Waals surface area contributed by atoms with Gasteiger partial charge in [-0.2, -0.15) is 0 Å². The summed E-state index contributed by atoms with van der Waals surface area (Å²) in [7, 11) is 0. The first-order chi connectivity index (χ1) is 8.31. The van der Waals surface area contributed by atoms with Gasteiger partial charge in [-0.1, -0.05) is 25.5 Å². The van der Waals surface area contributed by atoms with E-state index in [4.69, 9.17) is 4.74 Å². The Morgan fingerprint density at radius 3 is 3.06 bits per heavy atom. The first-order valence-electron chi connectivity index (χ1n) is 6.08. The second-order valence-electron chi connectivity index (χ2n) is 4.13. The summed E-state index contributed by atoms with van der Waals surface area (Å²) >= 11 is 0. The normalized spacial score (nSPS) is 16.6. The molecule has 1 amide bonds. The number of carbonyl (C=O) groups is 1. The zero-order chi connectivity index (χ0) is 12.1. The van der Waals surface area contributed by atoms with Gasteiger partial charge in [0.2, 0.25) is 0 Å². The van der Waals surface area contributed by atoms with Crippen molar-refractivity contribution in [3.05, 3.63) is 24.3 Å². The van der Waals surface area contributed by atoms with Crippen LogP contribution in [0.15, 0.2) is 24.3 Å². The first kappa shape index (κ1) is 14.6. The molecular weight excluding hydrogens is 252 g/mol. The van der Waals surface area contributed by atoms with Gasteiger partial charge in [-0.3, -0.25) is 4.79 Å². The average Bonchev–Trinajstić information content (AvgIpc) is 2.38. The van der Waals surface area contributed by atoms with Crippen molar-refractivity contribution in [3.63, 3.8) is 0 Å². The molecule has 1 aromatic carbocycles. The number of anilines is 1. The number of benzene rings is 1. The maximum absolute atomic E-state index is 11.8. The molecule has 5 heteroatoms. The molecule has 100 valence electrons. The molecule has 0 fully saturated rings. The third kappa shape index (κ3) is 3.53. The van der Waals surface area contributed by atoms with Gasteiger partial charge < -0.3 is 15.4 Å². The Balaban J connectivity index is 0.00000162. The molecule has 18 heavy (non-hydrogen) atoms. The maximum atomic E-state index is 11.8. The molecule has 1 aromatic rings. The van der Waals surface area contributed by atoms with Gasteiger partial charge in [-0.15, -0.1) is 12.4 Å². The summed E-state index contributed by atoms with van der Waals surface area (Å²) in [6.45, 7) is 3.34. The summed E-state index contributed by atoms with van der Waals surface area (Å²) in [4.78, 5) is 11.8. The van der Waals surface area contributed by atoms with E-state index in [1.165, 1.54) is 0 Å². The third-order valence-corrected chi connectivity index (χ3v) is 2.76. The molecular formula is C13H19ClN2O2. The van der Waals surface area contributed by atoms with Crippen LogP contribution in [-0.4, -0.2) is 25.1 Å². The largest absolute Gasteiger partial charge is 0.477 e. The summed E-state index contributed by atoms with van der Waals surface area (Å²) in [5, 5.41) is 6.08. The highest BCUT2D eigenvalue weighted by Gasteiger charge is 2.24. The van der Waals surface area contributed by atoms with Crippen molar-refractivity contribution in [2.75, 3.05) is 18.4 Å². The number of hydrogen-bond donors (Lipinski definition) is 2. The molecule has 0 saturated heterocycles. The number of hydrogen-bond acceptors (Lipinski definition) is 3. The third-order valence-electron chi connectivity index (χ3n) is 2.76. The van der Waals surface area contributed by atoms with E-state index in [0.717, 1.165) is 30.8 Å². The lowest BCUT2D eigenvalue weighted by Gasteiger charge is -2.26. The van der Waals surface area contributed by atoms with Crippen LogP contribution in [0.4, 0.5) is 5.69 Å². The lowest BCUT2D eigenvalue weighted by molar-refractivity contribution is -0.127. The molecule has 0 spiro atoms. The Labute approximate surface area is 114 Å². The number of rotatable bonds is 4. The van der Waals surface area contributed by atoms with Gasteiger partial charge in [0, 0.05) is 6.54 Å². The highest BCUT2D eigenvalue weighted by atomic mass is 35.5. The molecule has 1 unspecified atom stereocenters. The average molecular weight is 271 g/mol. The van der Waals surface area contributed by atoms with E-state index in [9.17, 15) is 4.79 Å². The van der Waals surface area contributed by atoms with Crippen molar-refractivity contribution in [3.8, 4) is 5.75 Å². The van der Waals surface area contributed by atoms with Crippen LogP contribution in [0.2, 0.25) is 0 Å². The molecule has 0 aliphatic carbocycles. The molecule has 1 aliphatic rings. The minimum Gasteiger partial charge on any atom is -0.477 e. The van der Waals surface area contributed by atoms with Gasteiger partial charge in [0.15, 0.2) is 6.10 Å². The molecule has 0 radical (unpaired) electrons. The summed E-state index contributed by atoms with van der Waals surface area (Å²) in [5.41, 5.74) is 0.949. The monoisotopic (exact) mass is 270 g/mol. The van der Waals surface area contributed by atoms with Crippen LogP contribution in [-0.2, 0) is 4.79 Å². The highest BCUT2D eigenvalue weighted by Crippen LogP contribution is 2.28. The van der Waals surface area contributed by atoms with E-state index in [-0.39, 0.29) is 18.3 Å². The van der Waals surface area contributed by atoms with Crippen LogP contribution >= 0.6 is 12.4 Å². The number of ether oxygens (including phenoxy) is 1. The van der Waals surface area contributed by atoms with Gasteiger partial charge in [0.05, 0.1) is 12.2 Å². The number of para-hydroxylation sites is 2. The summed E-state index contributed by atoms with van der Waals surface area (Å²) in [6.07, 6.45) is 1.65. The fourth-order valence-corrected chi connectivity index (χ4v) is 1.76. The molecule has 0 bridgehead atoms. The number of carbonyl (C=O) groups excluding carboxylic acids is 1. The van der Waals surface area contributed by atoms with E-state index in [0.29, 0.717) is 6.54 Å². The number of nitrogens with one attached hydrogen (secondary N) is 2. The Morgan fingerprint density at radius 2 is 2.28 bits per heavy atom. The number of amides is 1. The molecule has 4 nitrogen and oxygen atoms in total. The molecule has 0 aromatic heterocycles. The van der Waals surface area contributed by atoms with E-state index in [2.05, 4.69) is 17.6 Å². The Hall–Kier alpha value is -1.42. The van der Waals surface area contributed by atoms with Crippen LogP contribution < -0.4 is 15.4 Å². The minimum absolute atomic E-state index is 0. The van der Waals surface area contributed by atoms with Gasteiger partial charge >= 0.3 is 0 Å². The molecule has 1 aliphatic heterocycles. The van der Waals surface area contributed by atoms with Crippen molar-refractivity contribution in [2.24, 2.45) is 0 Å². The van der Waals surface area contributed by atoms with Crippen LogP contribution in [0.25, 0.3) is 0 Å². The number of unbranched alkanes of at least 4 members (excludes halogenated alkanes) is 1. The van der Waals surface area contributed by atoms with Crippen molar-refractivity contribution in [1.29, 1.82) is 0 Å². The Kier molecular flexibility index (Phi) is 5.78. The van der Waals surface area contributed by atoms with Gasteiger partial charge in [-0.05, 0) is 18.6 Å². The smallest absolute Gasteiger partial charge is 0.262 e. The van der Waals surface area contributed by atoms with E-state index >= 15 is 0 Å². The molecule has 1 atom stereocenters. The van der Waals surface area contributed by atoms with Crippen molar-refractivity contribution in [1.82, 2.24) is 5.32 Å². The number of halogens is 1. The van der Waals surface area contributed by atoms with E-state index in [1.807, 2.05) is 24.3 Å². The van der Waals surface area contributed by atoms with Crippen molar-refractivity contribution >= 4 is 24.0 Å². The van der Waals surface area contributed by atoms with Gasteiger partial charge in [-0.25, -0.2) is 0 Å². The van der Waals surface area contributed by atoms with E-state index < -0.39 is 6.10 Å². The topological polar surface area (TPSA) is 50.4 Å².